The summed E-state index contributed by atoms with van der Waals surface area (Å²) in [5, 5.41) is -0.00185. The summed E-state index contributed by atoms with van der Waals surface area (Å²) in [6.45, 7) is 1.55. The molecule has 0 saturated carbocycles. The minimum Gasteiger partial charge on any atom is -0.306 e. The van der Waals surface area contributed by atoms with Crippen LogP contribution in [0.1, 0.15) is 11.5 Å². The highest BCUT2D eigenvalue weighted by atomic mass is 35.6. The zero-order chi connectivity index (χ0) is 10.2. The van der Waals surface area contributed by atoms with Crippen molar-refractivity contribution in [3.63, 3.8) is 0 Å². The predicted molar refractivity (Wildman–Crippen MR) is 53.8 cm³/mol. The second-order valence-corrected chi connectivity index (χ2v) is 4.97. The first-order valence-electron chi connectivity index (χ1n) is 3.16. The van der Waals surface area contributed by atoms with Gasteiger partial charge in [-0.1, -0.05) is 46.4 Å². The molecule has 0 aliphatic heterocycles. The van der Waals surface area contributed by atoms with Crippen LogP contribution in [0.4, 0.5) is 0 Å². The molecule has 0 bridgehead atoms. The van der Waals surface area contributed by atoms with Crippen LogP contribution in [0.2, 0.25) is 5.02 Å². The van der Waals surface area contributed by atoms with E-state index in [1.165, 1.54) is 0 Å². The summed E-state index contributed by atoms with van der Waals surface area (Å²) in [4.78, 5) is 17.2. The Balaban J connectivity index is 3.38. The third-order valence-corrected chi connectivity index (χ3v) is 2.28. The highest BCUT2D eigenvalue weighted by Crippen LogP contribution is 2.35. The van der Waals surface area contributed by atoms with Crippen molar-refractivity contribution >= 4 is 46.4 Å². The lowest BCUT2D eigenvalue weighted by Crippen LogP contribution is -2.18. The van der Waals surface area contributed by atoms with Gasteiger partial charge in [-0.3, -0.25) is 4.79 Å². The third-order valence-electron chi connectivity index (χ3n) is 1.30. The third kappa shape index (κ3) is 2.50. The molecule has 7 heteroatoms. The van der Waals surface area contributed by atoms with Gasteiger partial charge in [-0.2, -0.15) is 0 Å². The van der Waals surface area contributed by atoms with Gasteiger partial charge < -0.3 is 4.98 Å². The monoisotopic (exact) mass is 260 g/mol. The molecule has 0 fully saturated rings. The van der Waals surface area contributed by atoms with Gasteiger partial charge in [0, 0.05) is 0 Å². The summed E-state index contributed by atoms with van der Waals surface area (Å²) in [6.07, 6.45) is 0. The Labute approximate surface area is 94.0 Å². The van der Waals surface area contributed by atoms with Crippen LogP contribution in [0.3, 0.4) is 0 Å². The van der Waals surface area contributed by atoms with E-state index in [4.69, 9.17) is 46.4 Å². The molecule has 1 aromatic heterocycles. The van der Waals surface area contributed by atoms with E-state index in [1.54, 1.807) is 6.92 Å². The largest absolute Gasteiger partial charge is 0.306 e. The number of nitrogens with zero attached hydrogens (tertiary/aromatic N) is 1. The van der Waals surface area contributed by atoms with Crippen LogP contribution in [-0.2, 0) is 3.79 Å². The minimum absolute atomic E-state index is 0.00185. The number of nitrogens with one attached hydrogen (secondary N) is 1. The molecule has 1 N–H and O–H groups in total. The Morgan fingerprint density at radius 1 is 1.38 bits per heavy atom. The average Bonchev–Trinajstić information content (AvgIpc) is 1.97. The number of hydrogen-bond donors (Lipinski definition) is 1. The molecule has 0 unspecified atom stereocenters. The first kappa shape index (κ1) is 11.1. The van der Waals surface area contributed by atoms with Crippen molar-refractivity contribution in [2.45, 2.75) is 10.7 Å². The number of H-pyrrole nitrogens is 1. The number of hydrogen-bond acceptors (Lipinski definition) is 2. The van der Waals surface area contributed by atoms with Crippen molar-refractivity contribution < 1.29 is 0 Å². The first-order valence-corrected chi connectivity index (χ1v) is 4.67. The number of halogens is 4. The van der Waals surface area contributed by atoms with Crippen LogP contribution in [-0.4, -0.2) is 9.97 Å². The van der Waals surface area contributed by atoms with E-state index in [1.807, 2.05) is 0 Å². The van der Waals surface area contributed by atoms with Crippen LogP contribution in [0, 0.1) is 6.92 Å². The van der Waals surface area contributed by atoms with Crippen LogP contribution in [0.5, 0.6) is 0 Å². The molecule has 3 nitrogen and oxygen atoms in total. The lowest BCUT2D eigenvalue weighted by molar-refractivity contribution is 0.920. The van der Waals surface area contributed by atoms with E-state index >= 15 is 0 Å². The maximum Gasteiger partial charge on any atom is 0.270 e. The van der Waals surface area contributed by atoms with Gasteiger partial charge in [0.15, 0.2) is 5.82 Å². The van der Waals surface area contributed by atoms with Gasteiger partial charge in [-0.05, 0) is 6.92 Å². The highest BCUT2D eigenvalue weighted by molar-refractivity contribution is 6.66. The van der Waals surface area contributed by atoms with Crippen molar-refractivity contribution in [3.8, 4) is 0 Å². The molecule has 0 spiro atoms. The maximum absolute atomic E-state index is 11.1. The summed E-state index contributed by atoms with van der Waals surface area (Å²) in [5.74, 6) is -0.0376. The van der Waals surface area contributed by atoms with Crippen molar-refractivity contribution in [1.29, 1.82) is 0 Å². The summed E-state index contributed by atoms with van der Waals surface area (Å²) in [5.41, 5.74) is -0.192. The molecule has 0 aromatic carbocycles. The summed E-state index contributed by atoms with van der Waals surface area (Å²) >= 11 is 22.1. The van der Waals surface area contributed by atoms with Gasteiger partial charge in [-0.15, -0.1) is 0 Å². The van der Waals surface area contributed by atoms with Crippen LogP contribution in [0.15, 0.2) is 4.79 Å². The number of aromatic amines is 1. The molecule has 0 radical (unpaired) electrons. The molecule has 1 heterocycles. The Bertz CT molecular complexity index is 381. The molecule has 1 aromatic rings. The molecule has 0 atom stereocenters. The van der Waals surface area contributed by atoms with Gasteiger partial charge in [0.1, 0.15) is 5.02 Å². The number of aromatic nitrogens is 2. The van der Waals surface area contributed by atoms with Gasteiger partial charge in [-0.25, -0.2) is 4.98 Å². The quantitative estimate of drug-likeness (QED) is 0.730. The molecule has 0 aliphatic carbocycles. The van der Waals surface area contributed by atoms with Crippen LogP contribution < -0.4 is 5.56 Å². The van der Waals surface area contributed by atoms with Gasteiger partial charge in [0.05, 0.1) is 5.69 Å². The molecular formula is C6H4Cl4N2O. The van der Waals surface area contributed by atoms with Gasteiger partial charge in [0.25, 0.3) is 5.56 Å². The number of rotatable bonds is 0. The highest BCUT2D eigenvalue weighted by Gasteiger charge is 2.26. The second kappa shape index (κ2) is 3.65. The number of aryl methyl sites for hydroxylation is 1. The zero-order valence-electron chi connectivity index (χ0n) is 6.37. The fourth-order valence-electron chi connectivity index (χ4n) is 0.706. The standard InChI is InChI=1S/C6H4Cl4N2O/c1-2-3(7)4(13)12-5(11-2)6(8,9)10/h1H3,(H,11,12,13). The lowest BCUT2D eigenvalue weighted by Gasteiger charge is -2.10. The summed E-state index contributed by atoms with van der Waals surface area (Å²) in [7, 11) is 0. The predicted octanol–water partition coefficient (Wildman–Crippen LogP) is 2.56. The van der Waals surface area contributed by atoms with Gasteiger partial charge >= 0.3 is 0 Å². The Hall–Kier alpha value is 0.0400. The average molecular weight is 262 g/mol. The topological polar surface area (TPSA) is 45.8 Å². The SMILES string of the molecule is Cc1nc(C(Cl)(Cl)Cl)[nH]c(=O)c1Cl. The van der Waals surface area contributed by atoms with E-state index in [2.05, 4.69) is 9.97 Å². The Kier molecular flexibility index (Phi) is 3.12. The van der Waals surface area contributed by atoms with E-state index in [-0.39, 0.29) is 10.8 Å². The molecule has 13 heavy (non-hydrogen) atoms. The smallest absolute Gasteiger partial charge is 0.270 e. The van der Waals surface area contributed by atoms with E-state index in [0.29, 0.717) is 5.69 Å². The minimum atomic E-state index is -1.74. The Morgan fingerprint density at radius 3 is 2.31 bits per heavy atom. The van der Waals surface area contributed by atoms with Gasteiger partial charge in [0.2, 0.25) is 3.79 Å². The first-order chi connectivity index (χ1) is 5.82. The summed E-state index contributed by atoms with van der Waals surface area (Å²) < 4.78 is -1.74. The van der Waals surface area contributed by atoms with E-state index in [0.717, 1.165) is 0 Å². The normalized spacial score (nSPS) is 11.8. The lowest BCUT2D eigenvalue weighted by atomic mass is 10.4. The van der Waals surface area contributed by atoms with E-state index < -0.39 is 9.35 Å². The van der Waals surface area contributed by atoms with Crippen molar-refractivity contribution in [3.05, 3.63) is 26.9 Å². The molecule has 0 aliphatic rings. The van der Waals surface area contributed by atoms with Crippen molar-refractivity contribution in [2.75, 3.05) is 0 Å². The van der Waals surface area contributed by atoms with Crippen molar-refractivity contribution in [1.82, 2.24) is 9.97 Å². The fourth-order valence-corrected chi connectivity index (χ4v) is 1.06. The fraction of sp³-hybridized carbons (Fsp3) is 0.333. The molecule has 72 valence electrons. The zero-order valence-corrected chi connectivity index (χ0v) is 9.39. The van der Waals surface area contributed by atoms with Crippen molar-refractivity contribution in [2.24, 2.45) is 0 Å². The molecule has 0 amide bonds. The molecular weight excluding hydrogens is 258 g/mol. The summed E-state index contributed by atoms with van der Waals surface area (Å²) in [6, 6.07) is 0. The second-order valence-electron chi connectivity index (χ2n) is 2.31. The molecule has 1 rings (SSSR count). The van der Waals surface area contributed by atoms with E-state index in [9.17, 15) is 4.79 Å². The Morgan fingerprint density at radius 2 is 1.92 bits per heavy atom. The maximum atomic E-state index is 11.1. The van der Waals surface area contributed by atoms with Crippen LogP contribution in [0.25, 0.3) is 0 Å². The molecule has 0 saturated heterocycles. The van der Waals surface area contributed by atoms with Crippen LogP contribution >= 0.6 is 46.4 Å². The number of alkyl halides is 3.